The van der Waals surface area contributed by atoms with Gasteiger partial charge in [0.25, 0.3) is 5.91 Å². The van der Waals surface area contributed by atoms with Gasteiger partial charge in [-0.25, -0.2) is 9.78 Å². The SMILES string of the molecule is CSc1ncccc1C(=O)NCC1=NCC(C2=C(C(=O)O)N3C(=O)[C@H]([C@@H](C)O)[C@H]3C2)CN1. The third-order valence-electron chi connectivity index (χ3n) is 6.14. The van der Waals surface area contributed by atoms with E-state index in [-0.39, 0.29) is 36.0 Å². The van der Waals surface area contributed by atoms with Gasteiger partial charge in [0.15, 0.2) is 0 Å². The molecule has 3 aliphatic rings. The number of rotatable bonds is 7. The summed E-state index contributed by atoms with van der Waals surface area (Å²) in [6, 6.07) is 3.12. The van der Waals surface area contributed by atoms with Crippen molar-refractivity contribution in [3.8, 4) is 0 Å². The molecule has 1 aromatic heterocycles. The molecule has 4 atom stereocenters. The van der Waals surface area contributed by atoms with Gasteiger partial charge in [-0.2, -0.15) is 0 Å². The van der Waals surface area contributed by atoms with Crippen LogP contribution in [0.15, 0.2) is 39.6 Å². The van der Waals surface area contributed by atoms with Crippen molar-refractivity contribution in [3.63, 3.8) is 0 Å². The van der Waals surface area contributed by atoms with Gasteiger partial charge < -0.3 is 25.7 Å². The molecule has 170 valence electrons. The highest BCUT2D eigenvalue weighted by Crippen LogP contribution is 2.45. The molecule has 4 rings (SSSR count). The third-order valence-corrected chi connectivity index (χ3v) is 6.85. The lowest BCUT2D eigenvalue weighted by Crippen LogP contribution is -2.61. The molecule has 3 aliphatic heterocycles. The molecule has 11 heteroatoms. The monoisotopic (exact) mass is 459 g/mol. The van der Waals surface area contributed by atoms with Crippen molar-refractivity contribution < 1.29 is 24.6 Å². The van der Waals surface area contributed by atoms with Crippen LogP contribution in [-0.4, -0.2) is 81.8 Å². The Balaban J connectivity index is 1.41. The Labute approximate surface area is 189 Å². The summed E-state index contributed by atoms with van der Waals surface area (Å²) in [7, 11) is 0. The fourth-order valence-corrected chi connectivity index (χ4v) is 5.13. The second kappa shape index (κ2) is 8.91. The van der Waals surface area contributed by atoms with E-state index in [0.29, 0.717) is 41.5 Å². The first kappa shape index (κ1) is 22.3. The van der Waals surface area contributed by atoms with Gasteiger partial charge >= 0.3 is 5.97 Å². The number of aliphatic imine (C=N–C) groups is 1. The molecule has 0 aromatic carbocycles. The van der Waals surface area contributed by atoms with Crippen molar-refractivity contribution in [2.45, 2.75) is 30.5 Å². The third kappa shape index (κ3) is 3.86. The Morgan fingerprint density at radius 2 is 2.22 bits per heavy atom. The summed E-state index contributed by atoms with van der Waals surface area (Å²) in [5.41, 5.74) is 1.20. The van der Waals surface area contributed by atoms with Gasteiger partial charge in [0.05, 0.1) is 30.2 Å². The van der Waals surface area contributed by atoms with E-state index in [0.717, 1.165) is 0 Å². The first-order valence-electron chi connectivity index (χ1n) is 10.3. The number of nitrogens with one attached hydrogen (secondary N) is 2. The number of aliphatic carboxylic acids is 1. The van der Waals surface area contributed by atoms with E-state index in [9.17, 15) is 24.6 Å². The lowest BCUT2D eigenvalue weighted by molar-refractivity contribution is -0.161. The van der Waals surface area contributed by atoms with E-state index in [1.165, 1.54) is 16.7 Å². The molecule has 0 aliphatic carbocycles. The van der Waals surface area contributed by atoms with Crippen LogP contribution < -0.4 is 10.6 Å². The number of nitrogens with zero attached hydrogens (tertiary/aromatic N) is 3. The molecular weight excluding hydrogens is 434 g/mol. The number of thioether (sulfide) groups is 1. The first-order chi connectivity index (χ1) is 15.3. The highest BCUT2D eigenvalue weighted by molar-refractivity contribution is 7.98. The normalized spacial score (nSPS) is 25.5. The molecule has 0 saturated carbocycles. The predicted octanol–water partition coefficient (Wildman–Crippen LogP) is 0.101. The van der Waals surface area contributed by atoms with Gasteiger partial charge in [0, 0.05) is 25.2 Å². The fraction of sp³-hybridized carbons (Fsp3) is 0.476. The quantitative estimate of drug-likeness (QED) is 0.332. The van der Waals surface area contributed by atoms with Crippen LogP contribution in [0, 0.1) is 11.8 Å². The van der Waals surface area contributed by atoms with Gasteiger partial charge in [-0.1, -0.05) is 0 Å². The predicted molar refractivity (Wildman–Crippen MR) is 117 cm³/mol. The number of carboxylic acids is 1. The average molecular weight is 460 g/mol. The summed E-state index contributed by atoms with van der Waals surface area (Å²) in [4.78, 5) is 46.7. The number of aromatic nitrogens is 1. The smallest absolute Gasteiger partial charge is 0.352 e. The van der Waals surface area contributed by atoms with Gasteiger partial charge in [0.2, 0.25) is 5.91 Å². The Morgan fingerprint density at radius 1 is 1.44 bits per heavy atom. The second-order valence-electron chi connectivity index (χ2n) is 8.03. The van der Waals surface area contributed by atoms with Crippen molar-refractivity contribution in [3.05, 3.63) is 35.2 Å². The zero-order valence-corrected chi connectivity index (χ0v) is 18.6. The summed E-state index contributed by atoms with van der Waals surface area (Å²) in [6.45, 7) is 2.59. The molecule has 0 radical (unpaired) electrons. The largest absolute Gasteiger partial charge is 0.477 e. The van der Waals surface area contributed by atoms with Crippen molar-refractivity contribution in [2.75, 3.05) is 25.9 Å². The zero-order valence-electron chi connectivity index (χ0n) is 17.7. The minimum atomic E-state index is -1.14. The first-order valence-corrected chi connectivity index (χ1v) is 11.6. The Kier molecular flexibility index (Phi) is 6.20. The van der Waals surface area contributed by atoms with Crippen LogP contribution in [0.1, 0.15) is 23.7 Å². The summed E-state index contributed by atoms with van der Waals surface area (Å²) < 4.78 is 0. The van der Waals surface area contributed by atoms with Gasteiger partial charge in [-0.3, -0.25) is 14.6 Å². The van der Waals surface area contributed by atoms with Crippen LogP contribution >= 0.6 is 11.8 Å². The number of hydrogen-bond donors (Lipinski definition) is 4. The molecule has 1 saturated heterocycles. The highest BCUT2D eigenvalue weighted by Gasteiger charge is 2.57. The van der Waals surface area contributed by atoms with Crippen molar-refractivity contribution in [1.29, 1.82) is 0 Å². The van der Waals surface area contributed by atoms with Crippen LogP contribution in [0.4, 0.5) is 0 Å². The fourth-order valence-electron chi connectivity index (χ4n) is 4.59. The number of amidine groups is 1. The average Bonchev–Trinajstić information content (AvgIpc) is 3.12. The van der Waals surface area contributed by atoms with Gasteiger partial charge in [0.1, 0.15) is 16.6 Å². The molecule has 32 heavy (non-hydrogen) atoms. The number of β-lactam (4-membered cyclic amide) rings is 1. The number of carbonyl (C=O) groups is 3. The number of carboxylic acid groups (broad SMARTS) is 1. The maximum atomic E-state index is 12.5. The lowest BCUT2D eigenvalue weighted by atomic mass is 9.82. The Hall–Kier alpha value is -2.92. The minimum absolute atomic E-state index is 0.0248. The van der Waals surface area contributed by atoms with Crippen LogP contribution in [0.25, 0.3) is 0 Å². The molecule has 1 unspecified atom stereocenters. The zero-order chi connectivity index (χ0) is 23.0. The molecular formula is C21H25N5O5S. The number of aliphatic hydroxyl groups excluding tert-OH is 1. The van der Waals surface area contributed by atoms with Gasteiger partial charge in [-0.05, 0) is 37.3 Å². The molecule has 10 nitrogen and oxygen atoms in total. The van der Waals surface area contributed by atoms with Crippen molar-refractivity contribution in [2.24, 2.45) is 16.8 Å². The van der Waals surface area contributed by atoms with Crippen molar-refractivity contribution in [1.82, 2.24) is 20.5 Å². The van der Waals surface area contributed by atoms with Crippen LogP contribution in [-0.2, 0) is 9.59 Å². The van der Waals surface area contributed by atoms with E-state index in [2.05, 4.69) is 20.6 Å². The highest BCUT2D eigenvalue weighted by atomic mass is 32.2. The summed E-state index contributed by atoms with van der Waals surface area (Å²) in [5.74, 6) is -1.84. The van der Waals surface area contributed by atoms with E-state index in [4.69, 9.17) is 0 Å². The van der Waals surface area contributed by atoms with Crippen LogP contribution in [0.2, 0.25) is 0 Å². The molecule has 0 bridgehead atoms. The van der Waals surface area contributed by atoms with Crippen LogP contribution in [0.3, 0.4) is 0 Å². The number of aliphatic hydroxyl groups is 1. The summed E-state index contributed by atoms with van der Waals surface area (Å²) in [5, 5.41) is 26.2. The molecule has 4 heterocycles. The molecule has 2 amide bonds. The molecule has 0 spiro atoms. The Bertz CT molecular complexity index is 1020. The van der Waals surface area contributed by atoms with Crippen molar-refractivity contribution >= 4 is 35.4 Å². The number of fused-ring (bicyclic) bond motifs is 1. The summed E-state index contributed by atoms with van der Waals surface area (Å²) in [6.07, 6.45) is 3.10. The molecule has 1 fully saturated rings. The second-order valence-corrected chi connectivity index (χ2v) is 8.83. The number of carbonyl (C=O) groups excluding carboxylic acids is 2. The van der Waals surface area contributed by atoms with E-state index < -0.39 is 18.0 Å². The number of amides is 2. The van der Waals surface area contributed by atoms with Crippen LogP contribution in [0.5, 0.6) is 0 Å². The standard InChI is InChI=1S/C21H25N5O5S/c1-10(27)16-14-6-13(17(21(30)31)26(14)20(16)29)11-7-23-15(24-8-11)9-25-18(28)12-4-3-5-22-19(12)32-2/h3-5,10-11,14,16,27H,6-9H2,1-2H3,(H,23,24)(H,25,28)(H,30,31)/t10-,14-,16-/m1/s1. The molecule has 4 N–H and O–H groups in total. The van der Waals surface area contributed by atoms with E-state index >= 15 is 0 Å². The number of hydrogen-bond acceptors (Lipinski definition) is 8. The lowest BCUT2D eigenvalue weighted by Gasteiger charge is -2.44. The maximum absolute atomic E-state index is 12.5. The minimum Gasteiger partial charge on any atom is -0.477 e. The Morgan fingerprint density at radius 3 is 2.84 bits per heavy atom. The van der Waals surface area contributed by atoms with E-state index in [1.54, 1.807) is 25.3 Å². The summed E-state index contributed by atoms with van der Waals surface area (Å²) >= 11 is 1.39. The molecule has 1 aromatic rings. The topological polar surface area (TPSA) is 144 Å². The van der Waals surface area contributed by atoms with E-state index in [1.807, 2.05) is 6.26 Å². The van der Waals surface area contributed by atoms with Gasteiger partial charge in [-0.15, -0.1) is 11.8 Å². The number of pyridine rings is 1. The maximum Gasteiger partial charge on any atom is 0.352 e.